The first kappa shape index (κ1) is 26.5. The van der Waals surface area contributed by atoms with E-state index in [2.05, 4.69) is 27.2 Å². The molecule has 1 aliphatic rings. The number of carbonyl (C=O) groups is 1. The largest absolute Gasteiger partial charge is 0.327 e. The van der Waals surface area contributed by atoms with Crippen molar-refractivity contribution in [1.29, 1.82) is 0 Å². The van der Waals surface area contributed by atoms with Gasteiger partial charge in [-0.1, -0.05) is 19.1 Å². The minimum atomic E-state index is -0.974. The average Bonchev–Trinajstić information content (AvgIpc) is 2.92. The number of nitrogens with zero attached hydrogens (tertiary/aromatic N) is 3. The molecule has 0 bridgehead atoms. The van der Waals surface area contributed by atoms with Crippen molar-refractivity contribution in [2.75, 3.05) is 5.32 Å². The van der Waals surface area contributed by atoms with Gasteiger partial charge < -0.3 is 11.1 Å². The summed E-state index contributed by atoms with van der Waals surface area (Å²) in [7, 11) is 0. The van der Waals surface area contributed by atoms with Crippen LogP contribution in [0.15, 0.2) is 73.2 Å². The van der Waals surface area contributed by atoms with Crippen molar-refractivity contribution in [2.45, 2.75) is 38.1 Å². The molecule has 200 valence electrons. The third-order valence-electron chi connectivity index (χ3n) is 7.49. The molecule has 1 aromatic carbocycles. The number of benzene rings is 1. The molecular weight excluding hydrogens is 503 g/mol. The maximum absolute atomic E-state index is 14.5. The molecule has 3 aromatic heterocycles. The van der Waals surface area contributed by atoms with Gasteiger partial charge in [0.2, 0.25) is 0 Å². The van der Waals surface area contributed by atoms with E-state index in [1.165, 1.54) is 12.1 Å². The quantitative estimate of drug-likeness (QED) is 0.323. The summed E-state index contributed by atoms with van der Waals surface area (Å²) in [6, 6.07) is 13.0. The minimum absolute atomic E-state index is 0.0607. The summed E-state index contributed by atoms with van der Waals surface area (Å²) in [5.41, 5.74) is 7.66. The van der Waals surface area contributed by atoms with Gasteiger partial charge >= 0.3 is 0 Å². The number of carbonyl (C=O) groups excluding carboxylic acids is 1. The number of halogens is 3. The molecule has 5 rings (SSSR count). The van der Waals surface area contributed by atoms with Crippen LogP contribution in [0.1, 0.15) is 47.4 Å². The molecule has 1 fully saturated rings. The smallest absolute Gasteiger partial charge is 0.274 e. The van der Waals surface area contributed by atoms with Crippen molar-refractivity contribution in [3.05, 3.63) is 108 Å². The van der Waals surface area contributed by atoms with E-state index in [0.29, 0.717) is 11.6 Å². The Morgan fingerprint density at radius 2 is 1.77 bits per heavy atom. The summed E-state index contributed by atoms with van der Waals surface area (Å²) in [6.07, 6.45) is 7.39. The van der Waals surface area contributed by atoms with E-state index in [-0.39, 0.29) is 23.6 Å². The lowest BCUT2D eigenvalue weighted by molar-refractivity contribution is 0.102. The fourth-order valence-electron chi connectivity index (χ4n) is 5.53. The number of pyridine rings is 3. The predicted molar refractivity (Wildman–Crippen MR) is 142 cm³/mol. The van der Waals surface area contributed by atoms with Crippen molar-refractivity contribution >= 4 is 11.6 Å². The first-order valence-corrected chi connectivity index (χ1v) is 12.8. The van der Waals surface area contributed by atoms with E-state index in [1.807, 2.05) is 24.3 Å². The second-order valence-corrected chi connectivity index (χ2v) is 10.0. The van der Waals surface area contributed by atoms with Crippen LogP contribution in [0.2, 0.25) is 0 Å². The summed E-state index contributed by atoms with van der Waals surface area (Å²) >= 11 is 0. The van der Waals surface area contributed by atoms with Crippen LogP contribution < -0.4 is 11.1 Å². The van der Waals surface area contributed by atoms with Crippen molar-refractivity contribution in [3.8, 4) is 11.3 Å². The second-order valence-electron chi connectivity index (χ2n) is 10.0. The normalized spacial score (nSPS) is 20.9. The lowest BCUT2D eigenvalue weighted by Crippen LogP contribution is -2.42. The van der Waals surface area contributed by atoms with Crippen molar-refractivity contribution in [1.82, 2.24) is 15.0 Å². The van der Waals surface area contributed by atoms with E-state index in [1.54, 1.807) is 18.6 Å². The zero-order chi connectivity index (χ0) is 27.5. The van der Waals surface area contributed by atoms with E-state index in [4.69, 9.17) is 5.73 Å². The van der Waals surface area contributed by atoms with Crippen LogP contribution in [-0.4, -0.2) is 26.9 Å². The fourth-order valence-corrected chi connectivity index (χ4v) is 5.53. The van der Waals surface area contributed by atoms with Gasteiger partial charge in [0.25, 0.3) is 5.91 Å². The third-order valence-corrected chi connectivity index (χ3v) is 7.49. The molecule has 39 heavy (non-hydrogen) atoms. The van der Waals surface area contributed by atoms with Gasteiger partial charge in [0.1, 0.15) is 28.8 Å². The van der Waals surface area contributed by atoms with E-state index >= 15 is 0 Å². The highest BCUT2D eigenvalue weighted by atomic mass is 19.1. The number of hydrogen-bond acceptors (Lipinski definition) is 5. The Balaban J connectivity index is 1.36. The van der Waals surface area contributed by atoms with E-state index in [9.17, 15) is 18.0 Å². The van der Waals surface area contributed by atoms with Gasteiger partial charge in [-0.05, 0) is 85.0 Å². The lowest BCUT2D eigenvalue weighted by atomic mass is 9.68. The van der Waals surface area contributed by atoms with Crippen LogP contribution in [0.3, 0.4) is 0 Å². The molecule has 9 heteroatoms. The molecule has 4 aromatic rings. The van der Waals surface area contributed by atoms with E-state index < -0.39 is 34.6 Å². The number of anilines is 1. The van der Waals surface area contributed by atoms with Gasteiger partial charge in [-0.3, -0.25) is 14.8 Å². The van der Waals surface area contributed by atoms with Crippen LogP contribution in [0.4, 0.5) is 18.9 Å². The highest BCUT2D eigenvalue weighted by molar-refractivity contribution is 6.03. The van der Waals surface area contributed by atoms with Gasteiger partial charge in [-0.2, -0.15) is 0 Å². The summed E-state index contributed by atoms with van der Waals surface area (Å²) in [5, 5.41) is 2.81. The Labute approximate surface area is 224 Å². The Kier molecular flexibility index (Phi) is 7.70. The minimum Gasteiger partial charge on any atom is -0.327 e. The molecule has 6 nitrogen and oxygen atoms in total. The molecule has 0 spiro atoms. The summed E-state index contributed by atoms with van der Waals surface area (Å²) in [4.78, 5) is 25.7. The number of rotatable bonds is 6. The SMILES string of the molecule is C[C@@H]1C[C@H](c2ccncc2NC(=O)c2ccc(F)c(-c3c(F)cccc3F)n2)C[C@H](N)[C@@H]1Cc1ccccn1. The van der Waals surface area contributed by atoms with Crippen LogP contribution in [0.25, 0.3) is 11.3 Å². The van der Waals surface area contributed by atoms with Gasteiger partial charge in [0.05, 0.1) is 17.4 Å². The molecular formula is C30H28F3N5O. The molecule has 0 unspecified atom stereocenters. The van der Waals surface area contributed by atoms with Crippen LogP contribution >= 0.6 is 0 Å². The standard InChI is InChI=1S/C30H28F3N5O/c1-17-13-18(14-25(34)21(17)15-19-5-2-3-11-36-19)20-10-12-35-16-27(20)38-30(39)26-9-8-24(33)29(37-26)28-22(31)6-4-7-23(28)32/h2-12,16-18,21,25H,13-15,34H2,1H3,(H,38,39)/t17-,18+,21-,25+/m1/s1. The molecule has 3 heterocycles. The highest BCUT2D eigenvalue weighted by Crippen LogP contribution is 2.42. The molecule has 3 N–H and O–H groups in total. The van der Waals surface area contributed by atoms with Gasteiger partial charge in [0.15, 0.2) is 0 Å². The topological polar surface area (TPSA) is 93.8 Å². The van der Waals surface area contributed by atoms with Gasteiger partial charge in [-0.15, -0.1) is 0 Å². The van der Waals surface area contributed by atoms with Crippen LogP contribution in [0.5, 0.6) is 0 Å². The van der Waals surface area contributed by atoms with Crippen molar-refractivity contribution < 1.29 is 18.0 Å². The molecule has 0 radical (unpaired) electrons. The predicted octanol–water partition coefficient (Wildman–Crippen LogP) is 5.91. The summed E-state index contributed by atoms with van der Waals surface area (Å²) in [5.74, 6) is -2.87. The maximum atomic E-state index is 14.5. The lowest BCUT2D eigenvalue weighted by Gasteiger charge is -2.39. The Hall–Kier alpha value is -4.11. The maximum Gasteiger partial charge on any atom is 0.274 e. The number of aromatic nitrogens is 3. The first-order chi connectivity index (χ1) is 18.8. The Morgan fingerprint density at radius 3 is 2.49 bits per heavy atom. The first-order valence-electron chi connectivity index (χ1n) is 12.8. The molecule has 0 aliphatic heterocycles. The van der Waals surface area contributed by atoms with Gasteiger partial charge in [0, 0.05) is 24.1 Å². The number of nitrogens with one attached hydrogen (secondary N) is 1. The van der Waals surface area contributed by atoms with Crippen LogP contribution in [0, 0.1) is 29.3 Å². The monoisotopic (exact) mass is 531 g/mol. The Morgan fingerprint density at radius 1 is 0.974 bits per heavy atom. The molecule has 1 amide bonds. The average molecular weight is 532 g/mol. The van der Waals surface area contributed by atoms with E-state index in [0.717, 1.165) is 48.7 Å². The summed E-state index contributed by atoms with van der Waals surface area (Å²) < 4.78 is 43.1. The zero-order valence-electron chi connectivity index (χ0n) is 21.3. The second kappa shape index (κ2) is 11.3. The number of hydrogen-bond donors (Lipinski definition) is 2. The zero-order valence-corrected chi connectivity index (χ0v) is 21.3. The van der Waals surface area contributed by atoms with Crippen molar-refractivity contribution in [2.24, 2.45) is 17.6 Å². The molecule has 1 saturated carbocycles. The number of nitrogens with two attached hydrogens (primary N) is 1. The molecule has 0 saturated heterocycles. The van der Waals surface area contributed by atoms with Gasteiger partial charge in [-0.25, -0.2) is 18.2 Å². The molecule has 4 atom stereocenters. The summed E-state index contributed by atoms with van der Waals surface area (Å²) in [6.45, 7) is 2.19. The molecule has 1 aliphatic carbocycles. The Bertz CT molecular complexity index is 1450. The third kappa shape index (κ3) is 5.68. The highest BCUT2D eigenvalue weighted by Gasteiger charge is 2.35. The number of amides is 1. The fraction of sp³-hybridized carbons (Fsp3) is 0.267. The van der Waals surface area contributed by atoms with Crippen molar-refractivity contribution in [3.63, 3.8) is 0 Å². The van der Waals surface area contributed by atoms with Crippen LogP contribution in [-0.2, 0) is 6.42 Å².